The van der Waals surface area contributed by atoms with Gasteiger partial charge in [0.25, 0.3) is 0 Å². The Bertz CT molecular complexity index is 595. The summed E-state index contributed by atoms with van der Waals surface area (Å²) in [5.74, 6) is 0.284. The minimum atomic E-state index is -0.365. The summed E-state index contributed by atoms with van der Waals surface area (Å²) in [6, 6.07) is 17.3. The Labute approximate surface area is 131 Å². The maximum absolute atomic E-state index is 13.2. The third-order valence-corrected chi connectivity index (χ3v) is 4.41. The molecule has 2 N–H and O–H groups in total. The first-order valence-corrected chi connectivity index (χ1v) is 7.91. The molecule has 0 heterocycles. The van der Waals surface area contributed by atoms with Crippen LogP contribution in [0.5, 0.6) is 0 Å². The Morgan fingerprint density at radius 3 is 2.59 bits per heavy atom. The summed E-state index contributed by atoms with van der Waals surface area (Å²) >= 11 is 0. The van der Waals surface area contributed by atoms with Crippen LogP contribution in [0.25, 0.3) is 0 Å². The summed E-state index contributed by atoms with van der Waals surface area (Å²) < 4.78 is 13.2. The van der Waals surface area contributed by atoms with Crippen LogP contribution in [0.2, 0.25) is 0 Å². The summed E-state index contributed by atoms with van der Waals surface area (Å²) in [6.45, 7) is 0.607. The number of hydrogen-bond donors (Lipinski definition) is 2. The number of nitrogens with one attached hydrogen (secondary N) is 1. The van der Waals surface area contributed by atoms with Crippen molar-refractivity contribution in [2.45, 2.75) is 37.3 Å². The van der Waals surface area contributed by atoms with E-state index in [1.807, 2.05) is 36.4 Å². The predicted octanol–water partition coefficient (Wildman–Crippen LogP) is 3.26. The lowest BCUT2D eigenvalue weighted by Gasteiger charge is -2.37. The molecule has 3 heteroatoms. The topological polar surface area (TPSA) is 32.3 Å². The number of benzene rings is 2. The highest BCUT2D eigenvalue weighted by atomic mass is 19.1. The van der Waals surface area contributed by atoms with Crippen LogP contribution < -0.4 is 5.32 Å². The zero-order chi connectivity index (χ0) is 15.4. The molecule has 1 aliphatic carbocycles. The number of aliphatic hydroxyl groups is 1. The monoisotopic (exact) mass is 299 g/mol. The van der Waals surface area contributed by atoms with Gasteiger partial charge < -0.3 is 10.4 Å². The molecule has 0 saturated heterocycles. The van der Waals surface area contributed by atoms with Crippen LogP contribution in [0, 0.1) is 5.82 Å². The highest BCUT2D eigenvalue weighted by Crippen LogP contribution is 2.36. The van der Waals surface area contributed by atoms with E-state index >= 15 is 0 Å². The number of hydrogen-bond acceptors (Lipinski definition) is 2. The molecule has 0 bridgehead atoms. The van der Waals surface area contributed by atoms with E-state index in [1.165, 1.54) is 6.07 Å². The summed E-state index contributed by atoms with van der Waals surface area (Å²) in [4.78, 5) is 0. The van der Waals surface area contributed by atoms with Gasteiger partial charge in [-0.15, -0.1) is 0 Å². The Balaban J connectivity index is 1.39. The Hall–Kier alpha value is -1.71. The molecule has 116 valence electrons. The van der Waals surface area contributed by atoms with Gasteiger partial charge in [0.15, 0.2) is 0 Å². The van der Waals surface area contributed by atoms with E-state index in [9.17, 15) is 9.50 Å². The SMILES string of the molecule is O[C@H](CNC1CC(c2cccc(F)c2)C1)Cc1ccccc1. The molecule has 1 fully saturated rings. The van der Waals surface area contributed by atoms with Gasteiger partial charge in [0, 0.05) is 12.6 Å². The van der Waals surface area contributed by atoms with Gasteiger partial charge in [-0.05, 0) is 48.4 Å². The average Bonchev–Trinajstić information content (AvgIpc) is 2.46. The van der Waals surface area contributed by atoms with Crippen LogP contribution in [0.1, 0.15) is 29.9 Å². The Morgan fingerprint density at radius 1 is 1.09 bits per heavy atom. The molecule has 0 aromatic heterocycles. The lowest BCUT2D eigenvalue weighted by molar-refractivity contribution is 0.155. The molecule has 1 aliphatic rings. The number of halogens is 1. The second kappa shape index (κ2) is 7.03. The molecule has 2 aromatic carbocycles. The Morgan fingerprint density at radius 2 is 1.86 bits per heavy atom. The van der Waals surface area contributed by atoms with Crippen molar-refractivity contribution < 1.29 is 9.50 Å². The van der Waals surface area contributed by atoms with Crippen LogP contribution in [0.15, 0.2) is 54.6 Å². The summed E-state index contributed by atoms with van der Waals surface area (Å²) in [7, 11) is 0. The zero-order valence-electron chi connectivity index (χ0n) is 12.6. The standard InChI is InChI=1S/C19H22FNO/c20-17-8-4-7-15(10-17)16-11-18(12-16)21-13-19(22)9-14-5-2-1-3-6-14/h1-8,10,16,18-19,21-22H,9,11-13H2/t16?,18?,19-/m0/s1. The van der Waals surface area contributed by atoms with E-state index in [-0.39, 0.29) is 11.9 Å². The normalized spacial score (nSPS) is 22.1. The van der Waals surface area contributed by atoms with Crippen molar-refractivity contribution in [3.8, 4) is 0 Å². The largest absolute Gasteiger partial charge is 0.391 e. The second-order valence-electron chi connectivity index (χ2n) is 6.17. The van der Waals surface area contributed by atoms with Gasteiger partial charge in [-0.2, -0.15) is 0 Å². The molecule has 22 heavy (non-hydrogen) atoms. The van der Waals surface area contributed by atoms with Gasteiger partial charge in [0.2, 0.25) is 0 Å². The van der Waals surface area contributed by atoms with E-state index in [4.69, 9.17) is 0 Å². The van der Waals surface area contributed by atoms with Crippen molar-refractivity contribution in [1.82, 2.24) is 5.32 Å². The van der Waals surface area contributed by atoms with Crippen molar-refractivity contribution >= 4 is 0 Å². The molecule has 2 aromatic rings. The molecule has 0 spiro atoms. The highest BCUT2D eigenvalue weighted by molar-refractivity contribution is 5.23. The summed E-state index contributed by atoms with van der Waals surface area (Å²) in [5.41, 5.74) is 2.24. The number of aliphatic hydroxyl groups excluding tert-OH is 1. The quantitative estimate of drug-likeness (QED) is 0.858. The van der Waals surface area contributed by atoms with Crippen LogP contribution in [-0.4, -0.2) is 23.8 Å². The third kappa shape index (κ3) is 3.93. The molecule has 0 radical (unpaired) electrons. The van der Waals surface area contributed by atoms with Crippen LogP contribution in [0.3, 0.4) is 0 Å². The minimum Gasteiger partial charge on any atom is -0.391 e. The van der Waals surface area contributed by atoms with Crippen molar-refractivity contribution in [1.29, 1.82) is 0 Å². The van der Waals surface area contributed by atoms with E-state index in [0.29, 0.717) is 24.9 Å². The highest BCUT2D eigenvalue weighted by Gasteiger charge is 2.30. The van der Waals surface area contributed by atoms with Gasteiger partial charge in [-0.25, -0.2) is 4.39 Å². The minimum absolute atomic E-state index is 0.160. The molecule has 3 rings (SSSR count). The fourth-order valence-electron chi connectivity index (χ4n) is 3.08. The average molecular weight is 299 g/mol. The van der Waals surface area contributed by atoms with Crippen molar-refractivity contribution in [2.24, 2.45) is 0 Å². The molecule has 1 saturated carbocycles. The van der Waals surface area contributed by atoms with Gasteiger partial charge in [-0.1, -0.05) is 42.5 Å². The lowest BCUT2D eigenvalue weighted by Crippen LogP contribution is -2.43. The fourth-order valence-corrected chi connectivity index (χ4v) is 3.08. The van der Waals surface area contributed by atoms with Crippen molar-refractivity contribution in [3.63, 3.8) is 0 Å². The smallest absolute Gasteiger partial charge is 0.123 e. The molecule has 0 amide bonds. The van der Waals surface area contributed by atoms with Crippen LogP contribution >= 0.6 is 0 Å². The van der Waals surface area contributed by atoms with E-state index in [2.05, 4.69) is 5.32 Å². The molecule has 0 aliphatic heterocycles. The maximum Gasteiger partial charge on any atom is 0.123 e. The Kier molecular flexibility index (Phi) is 4.86. The van der Waals surface area contributed by atoms with Crippen molar-refractivity contribution in [3.05, 3.63) is 71.5 Å². The van der Waals surface area contributed by atoms with Crippen LogP contribution in [0.4, 0.5) is 4.39 Å². The third-order valence-electron chi connectivity index (χ3n) is 4.41. The predicted molar refractivity (Wildman–Crippen MR) is 86.3 cm³/mol. The molecule has 1 atom stereocenters. The molecular formula is C19H22FNO. The lowest BCUT2D eigenvalue weighted by atomic mass is 9.76. The summed E-state index contributed by atoms with van der Waals surface area (Å²) in [5, 5.41) is 13.5. The van der Waals surface area contributed by atoms with Crippen molar-refractivity contribution in [2.75, 3.05) is 6.54 Å². The second-order valence-corrected chi connectivity index (χ2v) is 6.17. The van der Waals surface area contributed by atoms with E-state index in [1.54, 1.807) is 12.1 Å². The first kappa shape index (κ1) is 15.2. The fraction of sp³-hybridized carbons (Fsp3) is 0.368. The van der Waals surface area contributed by atoms with Gasteiger partial charge in [0.1, 0.15) is 5.82 Å². The zero-order valence-corrected chi connectivity index (χ0v) is 12.6. The number of rotatable bonds is 6. The molecule has 0 unspecified atom stereocenters. The van der Waals surface area contributed by atoms with E-state index < -0.39 is 0 Å². The van der Waals surface area contributed by atoms with E-state index in [0.717, 1.165) is 24.0 Å². The molecule has 2 nitrogen and oxygen atoms in total. The maximum atomic E-state index is 13.2. The van der Waals surface area contributed by atoms with Gasteiger partial charge in [-0.3, -0.25) is 0 Å². The first-order chi connectivity index (χ1) is 10.7. The first-order valence-electron chi connectivity index (χ1n) is 7.91. The van der Waals surface area contributed by atoms with Crippen LogP contribution in [-0.2, 0) is 6.42 Å². The molecular weight excluding hydrogens is 277 g/mol. The summed E-state index contributed by atoms with van der Waals surface area (Å²) in [6.07, 6.45) is 2.34. The van der Waals surface area contributed by atoms with Gasteiger partial charge >= 0.3 is 0 Å². The van der Waals surface area contributed by atoms with Gasteiger partial charge in [0.05, 0.1) is 6.10 Å².